The van der Waals surface area contributed by atoms with Crippen LogP contribution in [0.5, 0.6) is 0 Å². The zero-order valence-corrected chi connectivity index (χ0v) is 18.5. The molecule has 3 aromatic heterocycles. The van der Waals surface area contributed by atoms with Gasteiger partial charge in [-0.3, -0.25) is 19.3 Å². The summed E-state index contributed by atoms with van der Waals surface area (Å²) in [4.78, 5) is 32.3. The zero-order chi connectivity index (χ0) is 23.2. The molecule has 4 rings (SSSR count). The number of hydrogen-bond donors (Lipinski definition) is 2. The van der Waals surface area contributed by atoms with Crippen LogP contribution in [0.3, 0.4) is 0 Å². The number of nitrogens with zero attached hydrogens (tertiary/aromatic N) is 6. The van der Waals surface area contributed by atoms with Gasteiger partial charge in [-0.2, -0.15) is 19.9 Å². The number of anilines is 1. The molecule has 12 nitrogen and oxygen atoms in total. The van der Waals surface area contributed by atoms with Gasteiger partial charge >= 0.3 is 0 Å². The van der Waals surface area contributed by atoms with Crippen LogP contribution < -0.4 is 10.9 Å². The molecule has 1 aromatic carbocycles. The first-order valence-corrected chi connectivity index (χ1v) is 10.8. The Balaban J connectivity index is 1.66. The number of sulfonamides is 1. The lowest BCUT2D eigenvalue weighted by atomic mass is 10.2. The molecule has 4 aromatic rings. The molecule has 166 valence electrons. The van der Waals surface area contributed by atoms with Gasteiger partial charge in [0.25, 0.3) is 11.5 Å². The molecule has 0 fully saturated rings. The Hall–Kier alpha value is -3.84. The van der Waals surface area contributed by atoms with Crippen molar-refractivity contribution < 1.29 is 13.2 Å². The minimum atomic E-state index is -3.60. The molecule has 2 N–H and O–H groups in total. The van der Waals surface area contributed by atoms with Crippen LogP contribution >= 0.6 is 0 Å². The Morgan fingerprint density at radius 1 is 1.19 bits per heavy atom. The highest BCUT2D eigenvalue weighted by atomic mass is 32.2. The molecule has 3 heterocycles. The fraction of sp³-hybridized carbons (Fsp3) is 0.211. The highest BCUT2D eigenvalue weighted by Crippen LogP contribution is 2.18. The highest BCUT2D eigenvalue weighted by molar-refractivity contribution is 7.89. The van der Waals surface area contributed by atoms with E-state index in [1.807, 2.05) is 0 Å². The van der Waals surface area contributed by atoms with Gasteiger partial charge < -0.3 is 5.32 Å². The largest absolute Gasteiger partial charge is 0.306 e. The number of carbonyl (C=O) groups excluding carboxylic acids is 1. The number of aromatic amines is 1. The molecule has 0 atom stereocenters. The predicted molar refractivity (Wildman–Crippen MR) is 116 cm³/mol. The quantitative estimate of drug-likeness (QED) is 0.448. The van der Waals surface area contributed by atoms with Crippen molar-refractivity contribution in [3.63, 3.8) is 0 Å². The van der Waals surface area contributed by atoms with Crippen molar-refractivity contribution in [2.75, 3.05) is 19.4 Å². The number of amides is 1. The molecular weight excluding hydrogens is 436 g/mol. The van der Waals surface area contributed by atoms with Crippen LogP contribution in [-0.2, 0) is 17.1 Å². The third-order valence-corrected chi connectivity index (χ3v) is 6.59. The predicted octanol–water partition coefficient (Wildman–Crippen LogP) is 0.653. The molecule has 0 aliphatic heterocycles. The average molecular weight is 456 g/mol. The van der Waals surface area contributed by atoms with Crippen molar-refractivity contribution >= 4 is 32.8 Å². The maximum absolute atomic E-state index is 12.8. The van der Waals surface area contributed by atoms with Gasteiger partial charge in [-0.15, -0.1) is 0 Å². The second-order valence-electron chi connectivity index (χ2n) is 7.24. The Kier molecular flexibility index (Phi) is 5.14. The van der Waals surface area contributed by atoms with Crippen molar-refractivity contribution in [1.29, 1.82) is 0 Å². The van der Waals surface area contributed by atoms with Crippen molar-refractivity contribution in [2.24, 2.45) is 7.05 Å². The summed E-state index contributed by atoms with van der Waals surface area (Å²) < 4.78 is 28.3. The van der Waals surface area contributed by atoms with Crippen LogP contribution in [0, 0.1) is 6.92 Å². The van der Waals surface area contributed by atoms with Crippen LogP contribution in [0.15, 0.2) is 46.2 Å². The summed E-state index contributed by atoms with van der Waals surface area (Å²) in [5.41, 5.74) is 0.810. The fourth-order valence-corrected chi connectivity index (χ4v) is 3.95. The Labute approximate surface area is 182 Å². The van der Waals surface area contributed by atoms with E-state index in [9.17, 15) is 18.0 Å². The monoisotopic (exact) mass is 456 g/mol. The third kappa shape index (κ3) is 3.67. The topological polar surface area (TPSA) is 148 Å². The first kappa shape index (κ1) is 21.4. The number of rotatable bonds is 5. The van der Waals surface area contributed by atoms with Gasteiger partial charge in [0.2, 0.25) is 16.0 Å². The van der Waals surface area contributed by atoms with E-state index in [-0.39, 0.29) is 27.8 Å². The number of fused-ring (bicyclic) bond motifs is 1. The van der Waals surface area contributed by atoms with E-state index in [0.29, 0.717) is 16.7 Å². The summed E-state index contributed by atoms with van der Waals surface area (Å²) >= 11 is 0. The molecule has 0 radical (unpaired) electrons. The van der Waals surface area contributed by atoms with Crippen LogP contribution in [0.4, 0.5) is 5.82 Å². The van der Waals surface area contributed by atoms with Crippen molar-refractivity contribution in [3.05, 3.63) is 58.1 Å². The zero-order valence-electron chi connectivity index (χ0n) is 17.7. The van der Waals surface area contributed by atoms with E-state index in [1.165, 1.54) is 53.9 Å². The van der Waals surface area contributed by atoms with E-state index < -0.39 is 15.9 Å². The Bertz CT molecular complexity index is 1500. The smallest absolute Gasteiger partial charge is 0.263 e. The summed E-state index contributed by atoms with van der Waals surface area (Å²) in [6, 6.07) is 7.18. The minimum absolute atomic E-state index is 0.0752. The molecule has 0 aliphatic rings. The first-order valence-electron chi connectivity index (χ1n) is 9.41. The molecule has 0 saturated heterocycles. The SMILES string of the molecule is Cc1cc(NC(=O)c2ccc(S(=O)(=O)N(C)C)cc2)n(-c2nc3c(cnn3C)c(=O)[nH]2)n1. The van der Waals surface area contributed by atoms with Gasteiger partial charge in [-0.05, 0) is 31.2 Å². The van der Waals surface area contributed by atoms with Crippen LogP contribution in [0.1, 0.15) is 16.1 Å². The lowest BCUT2D eigenvalue weighted by Crippen LogP contribution is -2.22. The molecule has 0 unspecified atom stereocenters. The maximum atomic E-state index is 12.8. The first-order chi connectivity index (χ1) is 15.1. The number of aromatic nitrogens is 6. The summed E-state index contributed by atoms with van der Waals surface area (Å²) in [6.45, 7) is 1.73. The van der Waals surface area contributed by atoms with Crippen molar-refractivity contribution in [2.45, 2.75) is 11.8 Å². The van der Waals surface area contributed by atoms with Gasteiger partial charge in [0.05, 0.1) is 16.8 Å². The number of aryl methyl sites for hydroxylation is 2. The average Bonchev–Trinajstić information content (AvgIpc) is 3.30. The lowest BCUT2D eigenvalue weighted by Gasteiger charge is -2.12. The van der Waals surface area contributed by atoms with Gasteiger partial charge in [-0.25, -0.2) is 12.7 Å². The van der Waals surface area contributed by atoms with Gasteiger partial charge in [0.15, 0.2) is 5.65 Å². The van der Waals surface area contributed by atoms with Crippen molar-refractivity contribution in [1.82, 2.24) is 33.8 Å². The van der Waals surface area contributed by atoms with Gasteiger partial charge in [-0.1, -0.05) is 0 Å². The summed E-state index contributed by atoms with van der Waals surface area (Å²) in [5, 5.41) is 11.4. The standard InChI is InChI=1S/C19H20N8O4S/c1-11-9-15(21-17(28)12-5-7-13(8-6-12)32(30,31)25(2)3)27(24-11)19-22-16-14(18(29)23-19)10-20-26(16)4/h5-10H,1-4H3,(H,21,28)(H,22,23,29). The van der Waals surface area contributed by atoms with Crippen LogP contribution in [0.2, 0.25) is 0 Å². The number of hydrogen-bond acceptors (Lipinski definition) is 7. The van der Waals surface area contributed by atoms with E-state index in [2.05, 4.69) is 25.5 Å². The van der Waals surface area contributed by atoms with E-state index in [4.69, 9.17) is 0 Å². The Morgan fingerprint density at radius 3 is 2.53 bits per heavy atom. The molecule has 1 amide bonds. The molecule has 13 heteroatoms. The second kappa shape index (κ2) is 7.69. The summed E-state index contributed by atoms with van der Waals surface area (Å²) in [5.74, 6) is -0.0898. The van der Waals surface area contributed by atoms with E-state index >= 15 is 0 Å². The minimum Gasteiger partial charge on any atom is -0.306 e. The normalized spacial score (nSPS) is 11.9. The number of H-pyrrole nitrogens is 1. The number of carbonyl (C=O) groups is 1. The molecule has 0 bridgehead atoms. The Morgan fingerprint density at radius 2 is 1.88 bits per heavy atom. The molecule has 0 spiro atoms. The maximum Gasteiger partial charge on any atom is 0.263 e. The van der Waals surface area contributed by atoms with E-state index in [1.54, 1.807) is 20.0 Å². The van der Waals surface area contributed by atoms with E-state index in [0.717, 1.165) is 4.31 Å². The van der Waals surface area contributed by atoms with Gasteiger partial charge in [0.1, 0.15) is 11.2 Å². The third-order valence-electron chi connectivity index (χ3n) is 4.76. The molecular formula is C19H20N8O4S. The molecule has 0 aliphatic carbocycles. The van der Waals surface area contributed by atoms with Crippen LogP contribution in [0.25, 0.3) is 17.0 Å². The van der Waals surface area contributed by atoms with Gasteiger partial charge in [0, 0.05) is 32.8 Å². The van der Waals surface area contributed by atoms with Crippen LogP contribution in [-0.4, -0.2) is 62.3 Å². The molecule has 32 heavy (non-hydrogen) atoms. The molecule has 0 saturated carbocycles. The van der Waals surface area contributed by atoms with Crippen molar-refractivity contribution in [3.8, 4) is 5.95 Å². The lowest BCUT2D eigenvalue weighted by molar-refractivity contribution is 0.102. The highest BCUT2D eigenvalue weighted by Gasteiger charge is 2.19. The number of benzene rings is 1. The fourth-order valence-electron chi connectivity index (χ4n) is 3.05. The summed E-state index contributed by atoms with van der Waals surface area (Å²) in [6.07, 6.45) is 1.42. The number of nitrogens with one attached hydrogen (secondary N) is 2. The summed E-state index contributed by atoms with van der Waals surface area (Å²) in [7, 11) is 0.925. The second-order valence-corrected chi connectivity index (χ2v) is 9.40.